The number of aromatic nitrogens is 2. The fraction of sp³-hybridized carbons (Fsp3) is 0.550. The third-order valence-electron chi connectivity index (χ3n) is 4.67. The quantitative estimate of drug-likeness (QED) is 0.857. The fourth-order valence-electron chi connectivity index (χ4n) is 3.19. The highest BCUT2D eigenvalue weighted by Crippen LogP contribution is 2.30. The predicted octanol–water partition coefficient (Wildman–Crippen LogP) is 3.63. The van der Waals surface area contributed by atoms with Gasteiger partial charge in [-0.1, -0.05) is 12.1 Å². The lowest BCUT2D eigenvalue weighted by molar-refractivity contribution is 0.0293. The van der Waals surface area contributed by atoms with Crippen LogP contribution in [0, 0.1) is 0 Å². The number of nitrogens with zero attached hydrogens (tertiary/aromatic N) is 3. The molecule has 2 heterocycles. The molecule has 1 atom stereocenters. The second kappa shape index (κ2) is 6.87. The van der Waals surface area contributed by atoms with Crippen molar-refractivity contribution in [2.45, 2.75) is 57.7 Å². The van der Waals surface area contributed by atoms with Gasteiger partial charge in [-0.25, -0.2) is 14.8 Å². The Hall–Kier alpha value is -2.57. The molecule has 1 aliphatic heterocycles. The Morgan fingerprint density at radius 3 is 2.19 bits per heavy atom. The van der Waals surface area contributed by atoms with Crippen LogP contribution in [0.25, 0.3) is 11.0 Å². The summed E-state index contributed by atoms with van der Waals surface area (Å²) >= 11 is 0. The van der Waals surface area contributed by atoms with E-state index in [1.807, 2.05) is 45.0 Å². The van der Waals surface area contributed by atoms with Crippen LogP contribution in [0.2, 0.25) is 0 Å². The Morgan fingerprint density at radius 2 is 1.63 bits per heavy atom. The summed E-state index contributed by atoms with van der Waals surface area (Å²) in [6.45, 7) is 6.94. The molecule has 1 aromatic carbocycles. The summed E-state index contributed by atoms with van der Waals surface area (Å²) in [4.78, 5) is 23.6. The van der Waals surface area contributed by atoms with Crippen LogP contribution in [0.3, 0.4) is 0 Å². The van der Waals surface area contributed by atoms with Crippen molar-refractivity contribution in [1.82, 2.24) is 14.9 Å². The molecule has 4 rings (SSSR count). The standard InChI is InChI=1S/C20H27N5O2/c1-20(2,3)27-19(26)25-11-10-14(12-25)22-18-17(21-13-8-9-13)23-15-6-4-5-7-16(15)24-18/h4-7,13-14H,8-12H2,1-3H3,(H,21,23)(H,22,24)/t14-/m1/s1. The van der Waals surface area contributed by atoms with Gasteiger partial charge in [0.25, 0.3) is 0 Å². The molecule has 2 fully saturated rings. The number of para-hydroxylation sites is 2. The van der Waals surface area contributed by atoms with Gasteiger partial charge < -0.3 is 20.3 Å². The van der Waals surface area contributed by atoms with E-state index in [0.29, 0.717) is 19.1 Å². The van der Waals surface area contributed by atoms with E-state index < -0.39 is 5.60 Å². The number of hydrogen-bond donors (Lipinski definition) is 2. The Morgan fingerprint density at radius 1 is 1.04 bits per heavy atom. The van der Waals surface area contributed by atoms with Crippen molar-refractivity contribution >= 4 is 28.8 Å². The highest BCUT2D eigenvalue weighted by atomic mass is 16.6. The number of likely N-dealkylation sites (tertiary alicyclic amines) is 1. The Bertz CT molecular complexity index is 844. The van der Waals surface area contributed by atoms with Crippen molar-refractivity contribution in [3.63, 3.8) is 0 Å². The van der Waals surface area contributed by atoms with Crippen molar-refractivity contribution in [3.8, 4) is 0 Å². The molecular weight excluding hydrogens is 342 g/mol. The monoisotopic (exact) mass is 369 g/mol. The lowest BCUT2D eigenvalue weighted by Crippen LogP contribution is -2.36. The Balaban J connectivity index is 1.48. The Labute approximate surface area is 159 Å². The third kappa shape index (κ3) is 4.40. The number of carbonyl (C=O) groups excluding carboxylic acids is 1. The van der Waals surface area contributed by atoms with Gasteiger partial charge in [0.05, 0.1) is 11.0 Å². The smallest absolute Gasteiger partial charge is 0.410 e. The summed E-state index contributed by atoms with van der Waals surface area (Å²) in [7, 11) is 0. The lowest BCUT2D eigenvalue weighted by atomic mass is 10.2. The molecule has 27 heavy (non-hydrogen) atoms. The molecule has 144 valence electrons. The number of nitrogens with one attached hydrogen (secondary N) is 2. The maximum Gasteiger partial charge on any atom is 0.410 e. The van der Waals surface area contributed by atoms with Gasteiger partial charge in [0.15, 0.2) is 11.6 Å². The molecule has 0 radical (unpaired) electrons. The average Bonchev–Trinajstić information content (AvgIpc) is 3.29. The maximum absolute atomic E-state index is 12.3. The zero-order valence-corrected chi connectivity index (χ0v) is 16.2. The van der Waals surface area contributed by atoms with Gasteiger partial charge in [0.1, 0.15) is 5.60 Å². The molecule has 1 aromatic heterocycles. The molecule has 0 spiro atoms. The van der Waals surface area contributed by atoms with Crippen molar-refractivity contribution < 1.29 is 9.53 Å². The first-order valence-corrected chi connectivity index (χ1v) is 9.65. The first-order chi connectivity index (χ1) is 12.9. The van der Waals surface area contributed by atoms with Gasteiger partial charge in [-0.15, -0.1) is 0 Å². The molecule has 2 aromatic rings. The number of ether oxygens (including phenoxy) is 1. The van der Waals surface area contributed by atoms with Gasteiger partial charge in [-0.05, 0) is 52.2 Å². The molecule has 1 amide bonds. The lowest BCUT2D eigenvalue weighted by Gasteiger charge is -2.24. The number of amides is 1. The van der Waals surface area contributed by atoms with Gasteiger partial charge in [-0.3, -0.25) is 0 Å². The van der Waals surface area contributed by atoms with Crippen LogP contribution in [0.15, 0.2) is 24.3 Å². The SMILES string of the molecule is CC(C)(C)OC(=O)N1CC[C@@H](Nc2nc3ccccc3nc2NC2CC2)C1. The number of hydrogen-bond acceptors (Lipinski definition) is 6. The number of rotatable bonds is 4. The molecule has 2 N–H and O–H groups in total. The molecule has 1 aliphatic carbocycles. The van der Waals surface area contributed by atoms with Crippen molar-refractivity contribution in [2.75, 3.05) is 23.7 Å². The van der Waals surface area contributed by atoms with Crippen LogP contribution in [0.1, 0.15) is 40.0 Å². The zero-order valence-electron chi connectivity index (χ0n) is 16.2. The minimum absolute atomic E-state index is 0.132. The number of fused-ring (bicyclic) bond motifs is 1. The maximum atomic E-state index is 12.3. The zero-order chi connectivity index (χ0) is 19.0. The molecule has 0 bridgehead atoms. The second-order valence-electron chi connectivity index (χ2n) is 8.38. The molecule has 7 heteroatoms. The highest BCUT2D eigenvalue weighted by Gasteiger charge is 2.31. The van der Waals surface area contributed by atoms with E-state index in [-0.39, 0.29) is 12.1 Å². The van der Waals surface area contributed by atoms with Crippen molar-refractivity contribution in [2.24, 2.45) is 0 Å². The van der Waals surface area contributed by atoms with Gasteiger partial charge in [-0.2, -0.15) is 0 Å². The second-order valence-corrected chi connectivity index (χ2v) is 8.38. The van der Waals surface area contributed by atoms with Crippen LogP contribution < -0.4 is 10.6 Å². The predicted molar refractivity (Wildman–Crippen MR) is 106 cm³/mol. The summed E-state index contributed by atoms with van der Waals surface area (Å²) in [5, 5.41) is 6.97. The molecule has 7 nitrogen and oxygen atoms in total. The average molecular weight is 369 g/mol. The number of benzene rings is 1. The summed E-state index contributed by atoms with van der Waals surface area (Å²) in [6, 6.07) is 8.51. The molecule has 2 aliphatic rings. The van der Waals surface area contributed by atoms with E-state index in [1.165, 1.54) is 12.8 Å². The summed E-state index contributed by atoms with van der Waals surface area (Å²) in [6.07, 6.45) is 2.94. The van der Waals surface area contributed by atoms with E-state index in [4.69, 9.17) is 14.7 Å². The van der Waals surface area contributed by atoms with Gasteiger partial charge >= 0.3 is 6.09 Å². The van der Waals surface area contributed by atoms with E-state index >= 15 is 0 Å². The van der Waals surface area contributed by atoms with E-state index in [1.54, 1.807) is 4.90 Å². The van der Waals surface area contributed by atoms with E-state index in [0.717, 1.165) is 29.1 Å². The minimum atomic E-state index is -0.478. The molecule has 1 saturated heterocycles. The summed E-state index contributed by atoms with van der Waals surface area (Å²) < 4.78 is 5.48. The highest BCUT2D eigenvalue weighted by molar-refractivity contribution is 5.80. The molecule has 1 saturated carbocycles. The third-order valence-corrected chi connectivity index (χ3v) is 4.67. The van der Waals surface area contributed by atoms with Crippen LogP contribution in [0.4, 0.5) is 16.4 Å². The van der Waals surface area contributed by atoms with Crippen LogP contribution in [0.5, 0.6) is 0 Å². The first-order valence-electron chi connectivity index (χ1n) is 9.65. The largest absolute Gasteiger partial charge is 0.444 e. The van der Waals surface area contributed by atoms with Crippen LogP contribution in [-0.2, 0) is 4.74 Å². The van der Waals surface area contributed by atoms with Gasteiger partial charge in [0.2, 0.25) is 0 Å². The number of anilines is 2. The topological polar surface area (TPSA) is 79.4 Å². The molecule has 0 unspecified atom stereocenters. The first kappa shape index (κ1) is 17.8. The minimum Gasteiger partial charge on any atom is -0.444 e. The van der Waals surface area contributed by atoms with Crippen molar-refractivity contribution in [3.05, 3.63) is 24.3 Å². The normalized spacial score (nSPS) is 20.0. The summed E-state index contributed by atoms with van der Waals surface area (Å²) in [5.74, 6) is 1.56. The van der Waals surface area contributed by atoms with E-state index in [2.05, 4.69) is 10.6 Å². The number of carbonyl (C=O) groups is 1. The summed E-state index contributed by atoms with van der Waals surface area (Å²) in [5.41, 5.74) is 1.27. The molecular formula is C20H27N5O2. The van der Waals surface area contributed by atoms with Crippen molar-refractivity contribution in [1.29, 1.82) is 0 Å². The fourth-order valence-corrected chi connectivity index (χ4v) is 3.19. The van der Waals surface area contributed by atoms with Crippen LogP contribution >= 0.6 is 0 Å². The Kier molecular flexibility index (Phi) is 4.53. The van der Waals surface area contributed by atoms with E-state index in [9.17, 15) is 4.79 Å². The van der Waals surface area contributed by atoms with Gasteiger partial charge in [0, 0.05) is 25.2 Å². The van der Waals surface area contributed by atoms with Crippen LogP contribution in [-0.4, -0.2) is 51.7 Å².